The van der Waals surface area contributed by atoms with Gasteiger partial charge in [-0.3, -0.25) is 0 Å². The molecule has 0 spiro atoms. The Hall–Kier alpha value is -0.550. The van der Waals surface area contributed by atoms with Crippen molar-refractivity contribution in [2.24, 2.45) is 5.92 Å². The number of hydrogen-bond acceptors (Lipinski definition) is 2. The van der Waals surface area contributed by atoms with Crippen LogP contribution in [-0.4, -0.2) is 12.1 Å². The highest BCUT2D eigenvalue weighted by Gasteiger charge is 2.14. The first-order chi connectivity index (χ1) is 5.02. The Morgan fingerprint density at radius 3 is 2.45 bits per heavy atom. The first kappa shape index (κ1) is 10.4. The zero-order valence-corrected chi connectivity index (χ0v) is 7.94. The second-order valence-electron chi connectivity index (χ2n) is 3.65. The highest BCUT2D eigenvalue weighted by atomic mass is 14.9. The fourth-order valence-corrected chi connectivity index (χ4v) is 0.600. The van der Waals surface area contributed by atoms with Crippen molar-refractivity contribution < 1.29 is 0 Å². The summed E-state index contributed by atoms with van der Waals surface area (Å²) in [5.41, 5.74) is 0.172. The maximum atomic E-state index is 8.51. The third-order valence-electron chi connectivity index (χ3n) is 1.99. The van der Waals surface area contributed by atoms with Crippen molar-refractivity contribution in [3.63, 3.8) is 0 Å². The number of rotatable bonds is 4. The van der Waals surface area contributed by atoms with Crippen LogP contribution in [-0.2, 0) is 0 Å². The minimum atomic E-state index is 0.112. The van der Waals surface area contributed by atoms with E-state index in [1.54, 1.807) is 0 Å². The normalized spacial score (nSPS) is 14.1. The van der Waals surface area contributed by atoms with Gasteiger partial charge in [-0.25, -0.2) is 0 Å². The molecule has 0 aromatic rings. The van der Waals surface area contributed by atoms with Crippen molar-refractivity contribution in [3.05, 3.63) is 0 Å². The van der Waals surface area contributed by atoms with E-state index in [4.69, 9.17) is 5.26 Å². The van der Waals surface area contributed by atoms with Crippen LogP contribution in [0, 0.1) is 17.2 Å². The number of nitrogens with zero attached hydrogens (tertiary/aromatic N) is 1. The molecule has 0 bridgehead atoms. The number of nitriles is 1. The van der Waals surface area contributed by atoms with Crippen molar-refractivity contribution in [1.29, 1.82) is 5.26 Å². The van der Waals surface area contributed by atoms with Crippen LogP contribution in [0.2, 0.25) is 0 Å². The third kappa shape index (κ3) is 4.80. The van der Waals surface area contributed by atoms with E-state index in [9.17, 15) is 0 Å². The van der Waals surface area contributed by atoms with Crippen LogP contribution in [0.5, 0.6) is 0 Å². The summed E-state index contributed by atoms with van der Waals surface area (Å²) in [7, 11) is 0. The molecule has 0 aliphatic heterocycles. The zero-order valence-electron chi connectivity index (χ0n) is 7.94. The smallest absolute Gasteiger partial charge is 0.0666 e. The van der Waals surface area contributed by atoms with Gasteiger partial charge in [0, 0.05) is 12.1 Å². The highest BCUT2D eigenvalue weighted by Crippen LogP contribution is 2.07. The highest BCUT2D eigenvalue weighted by molar-refractivity contribution is 4.84. The van der Waals surface area contributed by atoms with Gasteiger partial charge in [0.15, 0.2) is 0 Å². The molecule has 0 aromatic heterocycles. The standard InChI is InChI=1S/C9H18N2/c1-5-9(3,4)11-7-8(2)6-10/h8,11H,5,7H2,1-4H3. The first-order valence-electron chi connectivity index (χ1n) is 4.16. The van der Waals surface area contributed by atoms with Crippen molar-refractivity contribution >= 4 is 0 Å². The van der Waals surface area contributed by atoms with E-state index in [0.717, 1.165) is 13.0 Å². The van der Waals surface area contributed by atoms with E-state index in [1.165, 1.54) is 0 Å². The van der Waals surface area contributed by atoms with E-state index in [-0.39, 0.29) is 11.5 Å². The van der Waals surface area contributed by atoms with Gasteiger partial charge in [0.2, 0.25) is 0 Å². The van der Waals surface area contributed by atoms with Crippen molar-refractivity contribution in [3.8, 4) is 6.07 Å². The Bertz CT molecular complexity index is 144. The van der Waals surface area contributed by atoms with Crippen LogP contribution in [0.15, 0.2) is 0 Å². The average molecular weight is 154 g/mol. The minimum absolute atomic E-state index is 0.112. The molecular weight excluding hydrogens is 136 g/mol. The van der Waals surface area contributed by atoms with Crippen LogP contribution in [0.3, 0.4) is 0 Å². The number of hydrogen-bond donors (Lipinski definition) is 1. The van der Waals surface area contributed by atoms with Crippen molar-refractivity contribution in [2.45, 2.75) is 39.7 Å². The maximum absolute atomic E-state index is 8.51. The molecule has 0 aliphatic rings. The molecule has 0 aliphatic carbocycles. The Balaban J connectivity index is 3.63. The Morgan fingerprint density at radius 2 is 2.09 bits per heavy atom. The van der Waals surface area contributed by atoms with Crippen molar-refractivity contribution in [2.75, 3.05) is 6.54 Å². The van der Waals surface area contributed by atoms with Gasteiger partial charge in [0.25, 0.3) is 0 Å². The van der Waals surface area contributed by atoms with Gasteiger partial charge in [-0.05, 0) is 27.2 Å². The lowest BCUT2D eigenvalue weighted by atomic mass is 10.0. The quantitative estimate of drug-likeness (QED) is 0.671. The molecule has 0 heterocycles. The molecule has 0 aromatic carbocycles. The second kappa shape index (κ2) is 4.35. The summed E-state index contributed by atoms with van der Waals surface area (Å²) in [6.07, 6.45) is 1.09. The molecule has 0 rings (SSSR count). The van der Waals surface area contributed by atoms with Gasteiger partial charge < -0.3 is 5.32 Å². The molecule has 2 nitrogen and oxygen atoms in total. The molecule has 2 heteroatoms. The van der Waals surface area contributed by atoms with E-state index in [0.29, 0.717) is 0 Å². The molecule has 11 heavy (non-hydrogen) atoms. The van der Waals surface area contributed by atoms with Gasteiger partial charge in [-0.2, -0.15) is 5.26 Å². The average Bonchev–Trinajstić information content (AvgIpc) is 2.00. The van der Waals surface area contributed by atoms with Crippen molar-refractivity contribution in [1.82, 2.24) is 5.32 Å². The topological polar surface area (TPSA) is 35.8 Å². The van der Waals surface area contributed by atoms with E-state index in [2.05, 4.69) is 32.2 Å². The van der Waals surface area contributed by atoms with E-state index < -0.39 is 0 Å². The van der Waals surface area contributed by atoms with Gasteiger partial charge in [-0.1, -0.05) is 6.92 Å². The Labute approximate surface area is 69.6 Å². The van der Waals surface area contributed by atoms with Crippen LogP contribution in [0.1, 0.15) is 34.1 Å². The fraction of sp³-hybridized carbons (Fsp3) is 0.889. The molecule has 0 saturated carbocycles. The number of nitrogens with one attached hydrogen (secondary N) is 1. The summed E-state index contributed by atoms with van der Waals surface area (Å²) in [5.74, 6) is 0.112. The predicted octanol–water partition coefficient (Wildman–Crippen LogP) is 1.92. The third-order valence-corrected chi connectivity index (χ3v) is 1.99. The summed E-state index contributed by atoms with van der Waals surface area (Å²) < 4.78 is 0. The van der Waals surface area contributed by atoms with E-state index in [1.807, 2.05) is 6.92 Å². The monoisotopic (exact) mass is 154 g/mol. The van der Waals surface area contributed by atoms with Gasteiger partial charge in [0.05, 0.1) is 12.0 Å². The molecular formula is C9H18N2. The first-order valence-corrected chi connectivity index (χ1v) is 4.16. The molecule has 0 amide bonds. The zero-order chi connectivity index (χ0) is 8.91. The summed E-state index contributed by atoms with van der Waals surface area (Å²) in [5, 5.41) is 11.9. The Morgan fingerprint density at radius 1 is 1.55 bits per heavy atom. The second-order valence-corrected chi connectivity index (χ2v) is 3.65. The molecule has 0 saturated heterocycles. The largest absolute Gasteiger partial charge is 0.311 e. The lowest BCUT2D eigenvalue weighted by molar-refractivity contribution is 0.363. The minimum Gasteiger partial charge on any atom is -0.311 e. The Kier molecular flexibility index (Phi) is 4.14. The SMILES string of the molecule is CCC(C)(C)NCC(C)C#N. The molecule has 0 fully saturated rings. The molecule has 1 N–H and O–H groups in total. The van der Waals surface area contributed by atoms with Crippen LogP contribution < -0.4 is 5.32 Å². The van der Waals surface area contributed by atoms with Gasteiger partial charge in [-0.15, -0.1) is 0 Å². The van der Waals surface area contributed by atoms with Gasteiger partial charge >= 0.3 is 0 Å². The molecule has 64 valence electrons. The molecule has 1 unspecified atom stereocenters. The predicted molar refractivity (Wildman–Crippen MR) is 47.1 cm³/mol. The lowest BCUT2D eigenvalue weighted by Crippen LogP contribution is -2.40. The van der Waals surface area contributed by atoms with Crippen LogP contribution >= 0.6 is 0 Å². The summed E-state index contributed by atoms with van der Waals surface area (Å²) in [6, 6.07) is 2.20. The fourth-order valence-electron chi connectivity index (χ4n) is 0.600. The van der Waals surface area contributed by atoms with Gasteiger partial charge in [0.1, 0.15) is 0 Å². The van der Waals surface area contributed by atoms with Crippen LogP contribution in [0.4, 0.5) is 0 Å². The van der Waals surface area contributed by atoms with Crippen LogP contribution in [0.25, 0.3) is 0 Å². The maximum Gasteiger partial charge on any atom is 0.0666 e. The lowest BCUT2D eigenvalue weighted by Gasteiger charge is -2.25. The summed E-state index contributed by atoms with van der Waals surface area (Å²) in [6.45, 7) is 9.16. The molecule has 0 radical (unpaired) electrons. The molecule has 1 atom stereocenters. The summed E-state index contributed by atoms with van der Waals surface area (Å²) >= 11 is 0. The van der Waals surface area contributed by atoms with E-state index >= 15 is 0 Å². The summed E-state index contributed by atoms with van der Waals surface area (Å²) in [4.78, 5) is 0.